The van der Waals surface area contributed by atoms with Crippen LogP contribution in [0.25, 0.3) is 0 Å². The topological polar surface area (TPSA) is 176 Å². The van der Waals surface area contributed by atoms with E-state index in [4.69, 9.17) is 28.0 Å². The van der Waals surface area contributed by atoms with Gasteiger partial charge in [0, 0.05) is 18.8 Å². The first kappa shape index (κ1) is 49.6. The maximum absolute atomic E-state index is 13.8. The number of amides is 1. The van der Waals surface area contributed by atoms with Crippen LogP contribution in [0.5, 0.6) is 0 Å². The predicted molar refractivity (Wildman–Crippen MR) is 199 cm³/mol. The minimum Gasteiger partial charge on any atom is -0.756 e. The average molecular weight is 789 g/mol. The third-order valence-corrected chi connectivity index (χ3v) is 10.1. The molecule has 0 aliphatic rings. The summed E-state index contributed by atoms with van der Waals surface area (Å²) in [6.45, 7) is 8.03. The van der Waals surface area contributed by atoms with Crippen molar-refractivity contribution in [2.75, 3.05) is 86.7 Å². The standard InChI is InChI=1S/C34H65N2O12PS2/c1-10-33(4,30(39)46-21-20-43-9)26-34(5,31(40)44-18-16-35-28(37)14-12-11-13-27(51)15-24-50)25-32(2,3)29(38)45-22-23-48-49(41,42)47-19-17-36(6,7)8/h27H,10-26H2,1-9H3,(H3-,35,37,41,42,50,51). The van der Waals surface area contributed by atoms with E-state index in [1.165, 1.54) is 7.11 Å². The summed E-state index contributed by atoms with van der Waals surface area (Å²) in [5, 5.41) is 3.02. The number of nitrogens with zero attached hydrogens (tertiary/aromatic N) is 1. The fraction of sp³-hybridized carbons (Fsp3) is 0.882. The van der Waals surface area contributed by atoms with Crippen LogP contribution in [0.3, 0.4) is 0 Å². The van der Waals surface area contributed by atoms with Gasteiger partial charge >= 0.3 is 17.9 Å². The quantitative estimate of drug-likeness (QED) is 0.0249. The van der Waals surface area contributed by atoms with Crippen LogP contribution in [-0.2, 0) is 51.7 Å². The largest absolute Gasteiger partial charge is 0.756 e. The molecule has 4 atom stereocenters. The summed E-state index contributed by atoms with van der Waals surface area (Å²) in [6, 6.07) is 0. The van der Waals surface area contributed by atoms with E-state index in [0.29, 0.717) is 30.3 Å². The number of carbonyl (C=O) groups is 4. The summed E-state index contributed by atoms with van der Waals surface area (Å²) in [7, 11) is 2.55. The van der Waals surface area contributed by atoms with Gasteiger partial charge in [-0.25, -0.2) is 0 Å². The van der Waals surface area contributed by atoms with E-state index in [-0.39, 0.29) is 63.6 Å². The number of methoxy groups -OCH3 is 1. The van der Waals surface area contributed by atoms with Crippen LogP contribution in [-0.4, -0.2) is 120 Å². The number of ether oxygens (including phenoxy) is 4. The van der Waals surface area contributed by atoms with Crippen molar-refractivity contribution in [1.82, 2.24) is 5.32 Å². The van der Waals surface area contributed by atoms with Gasteiger partial charge in [0.2, 0.25) is 5.91 Å². The van der Waals surface area contributed by atoms with Gasteiger partial charge in [-0.05, 0) is 72.0 Å². The van der Waals surface area contributed by atoms with Gasteiger partial charge in [0.25, 0.3) is 7.82 Å². The maximum atomic E-state index is 13.8. The van der Waals surface area contributed by atoms with Crippen LogP contribution < -0.4 is 10.2 Å². The summed E-state index contributed by atoms with van der Waals surface area (Å²) in [4.78, 5) is 64.6. The zero-order chi connectivity index (χ0) is 39.4. The van der Waals surface area contributed by atoms with Crippen molar-refractivity contribution in [2.45, 2.75) is 91.2 Å². The molecule has 51 heavy (non-hydrogen) atoms. The van der Waals surface area contributed by atoms with Gasteiger partial charge in [0.05, 0.1) is 57.1 Å². The number of phosphoric ester groups is 1. The molecule has 0 bridgehead atoms. The molecule has 0 aliphatic carbocycles. The Balaban J connectivity index is 5.52. The van der Waals surface area contributed by atoms with Crippen molar-refractivity contribution in [3.63, 3.8) is 0 Å². The van der Waals surface area contributed by atoms with Crippen molar-refractivity contribution in [3.05, 3.63) is 0 Å². The Kier molecular flexibility index (Phi) is 23.4. The van der Waals surface area contributed by atoms with Crippen LogP contribution in [0.1, 0.15) is 86.0 Å². The lowest BCUT2D eigenvalue weighted by Crippen LogP contribution is -2.45. The Bertz CT molecular complexity index is 1120. The van der Waals surface area contributed by atoms with Crippen molar-refractivity contribution in [1.29, 1.82) is 0 Å². The average Bonchev–Trinajstić information content (AvgIpc) is 3.02. The highest BCUT2D eigenvalue weighted by molar-refractivity contribution is 7.81. The molecule has 0 aromatic rings. The molecule has 0 heterocycles. The Morgan fingerprint density at radius 3 is 1.96 bits per heavy atom. The maximum Gasteiger partial charge on any atom is 0.311 e. The number of hydrogen-bond donors (Lipinski definition) is 3. The second kappa shape index (κ2) is 24.1. The van der Waals surface area contributed by atoms with Crippen molar-refractivity contribution < 1.29 is 61.1 Å². The molecule has 1 N–H and O–H groups in total. The van der Waals surface area contributed by atoms with Gasteiger partial charge in [-0.15, -0.1) is 0 Å². The first-order valence-electron chi connectivity index (χ1n) is 17.5. The molecule has 0 radical (unpaired) electrons. The molecule has 0 aromatic heterocycles. The van der Waals surface area contributed by atoms with Crippen LogP contribution in [0.15, 0.2) is 0 Å². The first-order chi connectivity index (χ1) is 23.6. The van der Waals surface area contributed by atoms with Crippen molar-refractivity contribution in [3.8, 4) is 0 Å². The molecule has 0 spiro atoms. The molecule has 0 aliphatic heterocycles. The summed E-state index contributed by atoms with van der Waals surface area (Å²) in [5.41, 5.74) is -3.78. The minimum atomic E-state index is -4.60. The van der Waals surface area contributed by atoms with E-state index >= 15 is 0 Å². The normalized spacial score (nSPS) is 16.2. The van der Waals surface area contributed by atoms with E-state index in [2.05, 4.69) is 30.6 Å². The number of quaternary nitrogens is 1. The second-order valence-corrected chi connectivity index (χ2v) is 17.6. The molecule has 0 aromatic carbocycles. The van der Waals surface area contributed by atoms with Gasteiger partial charge in [-0.3, -0.25) is 23.7 Å². The SMILES string of the molecule is CCC(C)(CC(C)(CC(C)(C)C(=O)OCCOP(=O)([O-])OCC[N+](C)(C)C)C(=O)OCCNC(=O)CCCCC(S)CCS)C(=O)OCCOC. The lowest BCUT2D eigenvalue weighted by atomic mass is 9.65. The highest BCUT2D eigenvalue weighted by Crippen LogP contribution is 2.46. The monoisotopic (exact) mass is 788 g/mol. The highest BCUT2D eigenvalue weighted by atomic mass is 32.1. The third-order valence-electron chi connectivity index (χ3n) is 8.34. The summed E-state index contributed by atoms with van der Waals surface area (Å²) in [6.07, 6.45) is 3.94. The Hall–Kier alpha value is -1.39. The number of likely N-dealkylation sites (N-methyl/N-ethyl adjacent to an activating group) is 1. The lowest BCUT2D eigenvalue weighted by Gasteiger charge is -2.39. The molecule has 0 saturated carbocycles. The van der Waals surface area contributed by atoms with Crippen LogP contribution >= 0.6 is 33.1 Å². The van der Waals surface area contributed by atoms with Gasteiger partial charge < -0.3 is 42.7 Å². The molecule has 0 fully saturated rings. The lowest BCUT2D eigenvalue weighted by molar-refractivity contribution is -0.870. The van der Waals surface area contributed by atoms with Gasteiger partial charge in [0.1, 0.15) is 33.0 Å². The number of phosphoric acid groups is 1. The van der Waals surface area contributed by atoms with Crippen LogP contribution in [0, 0.1) is 16.2 Å². The van der Waals surface area contributed by atoms with E-state index in [1.807, 2.05) is 21.1 Å². The number of thiol groups is 2. The minimum absolute atomic E-state index is 0.0172. The molecule has 1 amide bonds. The smallest absolute Gasteiger partial charge is 0.311 e. The fourth-order valence-electron chi connectivity index (χ4n) is 5.35. The first-order valence-corrected chi connectivity index (χ1v) is 20.1. The predicted octanol–water partition coefficient (Wildman–Crippen LogP) is 3.99. The molecule has 0 saturated heterocycles. The number of hydrogen-bond acceptors (Lipinski definition) is 14. The highest BCUT2D eigenvalue weighted by Gasteiger charge is 2.50. The van der Waals surface area contributed by atoms with E-state index < -0.39 is 48.6 Å². The number of esters is 3. The second-order valence-electron chi connectivity index (χ2n) is 15.0. The van der Waals surface area contributed by atoms with Crippen LogP contribution in [0.2, 0.25) is 0 Å². The van der Waals surface area contributed by atoms with Crippen molar-refractivity contribution >= 4 is 56.9 Å². The zero-order valence-corrected chi connectivity index (χ0v) is 35.0. The molecular weight excluding hydrogens is 723 g/mol. The van der Waals surface area contributed by atoms with E-state index in [1.54, 1.807) is 34.6 Å². The summed E-state index contributed by atoms with van der Waals surface area (Å²) >= 11 is 8.72. The summed E-state index contributed by atoms with van der Waals surface area (Å²) < 4.78 is 43.7. The fourth-order valence-corrected chi connectivity index (χ4v) is 6.85. The molecule has 4 unspecified atom stereocenters. The van der Waals surface area contributed by atoms with Gasteiger partial charge in [-0.1, -0.05) is 13.3 Å². The number of nitrogens with one attached hydrogen (secondary N) is 1. The zero-order valence-electron chi connectivity index (χ0n) is 32.3. The third kappa shape index (κ3) is 21.8. The number of unbranched alkanes of at least 4 members (excludes halogenated alkanes) is 1. The Morgan fingerprint density at radius 1 is 0.804 bits per heavy atom. The van der Waals surface area contributed by atoms with E-state index in [0.717, 1.165) is 25.0 Å². The molecule has 300 valence electrons. The van der Waals surface area contributed by atoms with Gasteiger partial charge in [-0.2, -0.15) is 25.3 Å². The number of rotatable bonds is 29. The molecule has 0 rings (SSSR count). The van der Waals surface area contributed by atoms with Crippen molar-refractivity contribution in [2.24, 2.45) is 16.2 Å². The van der Waals surface area contributed by atoms with Crippen LogP contribution in [0.4, 0.5) is 0 Å². The number of carbonyl (C=O) groups excluding carboxylic acids is 4. The Morgan fingerprint density at radius 2 is 1.37 bits per heavy atom. The molecular formula is C34H65N2O12PS2. The Labute approximate surface area is 316 Å². The summed E-state index contributed by atoms with van der Waals surface area (Å²) in [5.74, 6) is -1.28. The van der Waals surface area contributed by atoms with E-state index in [9.17, 15) is 28.6 Å². The molecule has 17 heteroatoms. The van der Waals surface area contributed by atoms with Gasteiger partial charge in [0.15, 0.2) is 0 Å². The molecule has 14 nitrogen and oxygen atoms in total.